The van der Waals surface area contributed by atoms with Crippen molar-refractivity contribution in [3.63, 3.8) is 0 Å². The highest BCUT2D eigenvalue weighted by molar-refractivity contribution is 7.10. The molecule has 0 aromatic carbocycles. The zero-order chi connectivity index (χ0) is 15.9. The second kappa shape index (κ2) is 8.53. The Balaban J connectivity index is 1.78. The van der Waals surface area contributed by atoms with Gasteiger partial charge in [-0.3, -0.25) is 9.89 Å². The molecular weight excluding hydrogens is 292 g/mol. The van der Waals surface area contributed by atoms with Gasteiger partial charge in [0.2, 0.25) is 0 Å². The molecule has 0 saturated carbocycles. The van der Waals surface area contributed by atoms with Crippen LogP contribution in [0.15, 0.2) is 22.5 Å². The zero-order valence-corrected chi connectivity index (χ0v) is 15.2. The van der Waals surface area contributed by atoms with Crippen molar-refractivity contribution < 1.29 is 0 Å². The van der Waals surface area contributed by atoms with Crippen molar-refractivity contribution in [2.45, 2.75) is 26.7 Å². The molecule has 2 heterocycles. The van der Waals surface area contributed by atoms with Crippen LogP contribution < -0.4 is 5.32 Å². The maximum atomic E-state index is 4.47. The van der Waals surface area contributed by atoms with Crippen molar-refractivity contribution in [3.8, 4) is 0 Å². The second-order valence-electron chi connectivity index (χ2n) is 6.53. The smallest absolute Gasteiger partial charge is 0.193 e. The molecule has 5 heteroatoms. The molecule has 1 aromatic heterocycles. The van der Waals surface area contributed by atoms with Gasteiger partial charge in [0.15, 0.2) is 5.96 Å². The van der Waals surface area contributed by atoms with Crippen LogP contribution in [0.1, 0.15) is 31.6 Å². The lowest BCUT2D eigenvalue weighted by molar-refractivity contribution is 0.164. The number of nitrogens with one attached hydrogen (secondary N) is 1. The van der Waals surface area contributed by atoms with E-state index < -0.39 is 0 Å². The molecule has 0 bridgehead atoms. The third-order valence-corrected chi connectivity index (χ3v) is 5.21. The van der Waals surface area contributed by atoms with E-state index >= 15 is 0 Å². The number of guanidine groups is 1. The fourth-order valence-electron chi connectivity index (χ4n) is 2.91. The largest absolute Gasteiger partial charge is 0.356 e. The Hall–Kier alpha value is -1.07. The number of hydrogen-bond donors (Lipinski definition) is 1. The molecule has 0 spiro atoms. The van der Waals surface area contributed by atoms with Crippen LogP contribution >= 0.6 is 11.3 Å². The van der Waals surface area contributed by atoms with Crippen LogP contribution in [0, 0.1) is 5.92 Å². The van der Waals surface area contributed by atoms with Crippen LogP contribution in [-0.2, 0) is 0 Å². The van der Waals surface area contributed by atoms with E-state index in [9.17, 15) is 0 Å². The summed E-state index contributed by atoms with van der Waals surface area (Å²) >= 11 is 1.83. The first-order valence-corrected chi connectivity index (χ1v) is 9.19. The minimum atomic E-state index is 0.527. The number of piperazine rings is 1. The summed E-state index contributed by atoms with van der Waals surface area (Å²) in [6.07, 6.45) is 0. The molecule has 1 atom stereocenters. The van der Waals surface area contributed by atoms with Crippen molar-refractivity contribution in [1.82, 2.24) is 15.1 Å². The zero-order valence-electron chi connectivity index (χ0n) is 14.4. The maximum absolute atomic E-state index is 4.47. The average Bonchev–Trinajstić information content (AvgIpc) is 3.03. The van der Waals surface area contributed by atoms with Crippen molar-refractivity contribution >= 4 is 17.3 Å². The van der Waals surface area contributed by atoms with Gasteiger partial charge in [-0.2, -0.15) is 0 Å². The summed E-state index contributed by atoms with van der Waals surface area (Å²) in [4.78, 5) is 10.8. The van der Waals surface area contributed by atoms with E-state index in [4.69, 9.17) is 0 Å². The first-order valence-electron chi connectivity index (χ1n) is 8.31. The molecule has 1 saturated heterocycles. The minimum absolute atomic E-state index is 0.527. The van der Waals surface area contributed by atoms with Crippen LogP contribution in [0.25, 0.3) is 0 Å². The van der Waals surface area contributed by atoms with Gasteiger partial charge in [0, 0.05) is 57.1 Å². The summed E-state index contributed by atoms with van der Waals surface area (Å²) in [6, 6.07) is 4.34. The Morgan fingerprint density at radius 3 is 2.55 bits per heavy atom. The topological polar surface area (TPSA) is 30.9 Å². The predicted molar refractivity (Wildman–Crippen MR) is 96.9 cm³/mol. The number of thiophene rings is 1. The van der Waals surface area contributed by atoms with Crippen LogP contribution in [-0.4, -0.2) is 62.1 Å². The Labute approximate surface area is 139 Å². The number of aliphatic imine (C=N–C) groups is 1. The molecule has 0 aliphatic carbocycles. The van der Waals surface area contributed by atoms with E-state index in [2.05, 4.69) is 58.4 Å². The Morgan fingerprint density at radius 2 is 2.00 bits per heavy atom. The minimum Gasteiger partial charge on any atom is -0.356 e. The standard InChI is InChI=1S/C17H30N4S/c1-14(2)13-20-7-9-21(10-8-20)17(18-4)19-12-15(3)16-6-5-11-22-16/h5-6,11,14-15H,7-10,12-13H2,1-4H3,(H,18,19). The molecule has 1 aliphatic rings. The molecule has 1 aromatic rings. The first-order chi connectivity index (χ1) is 10.6. The molecular formula is C17H30N4S. The molecule has 2 rings (SSSR count). The molecule has 4 nitrogen and oxygen atoms in total. The van der Waals surface area contributed by atoms with Crippen LogP contribution in [0.4, 0.5) is 0 Å². The quantitative estimate of drug-likeness (QED) is 0.668. The average molecular weight is 323 g/mol. The van der Waals surface area contributed by atoms with Gasteiger partial charge in [0.1, 0.15) is 0 Å². The Bertz CT molecular complexity index is 447. The maximum Gasteiger partial charge on any atom is 0.193 e. The molecule has 1 fully saturated rings. The lowest BCUT2D eigenvalue weighted by Gasteiger charge is -2.37. The summed E-state index contributed by atoms with van der Waals surface area (Å²) in [5, 5.41) is 5.69. The van der Waals surface area contributed by atoms with Crippen LogP contribution in [0.5, 0.6) is 0 Å². The van der Waals surface area contributed by atoms with E-state index in [0.29, 0.717) is 5.92 Å². The van der Waals surface area contributed by atoms with Gasteiger partial charge < -0.3 is 10.2 Å². The SMILES string of the molecule is CN=C(NCC(C)c1cccs1)N1CCN(CC(C)C)CC1. The lowest BCUT2D eigenvalue weighted by atomic mass is 10.1. The fraction of sp³-hybridized carbons (Fsp3) is 0.706. The van der Waals surface area contributed by atoms with Gasteiger partial charge in [0.25, 0.3) is 0 Å². The van der Waals surface area contributed by atoms with Gasteiger partial charge >= 0.3 is 0 Å². The monoisotopic (exact) mass is 322 g/mol. The number of rotatable bonds is 5. The van der Waals surface area contributed by atoms with Gasteiger partial charge in [-0.05, 0) is 17.4 Å². The molecule has 1 N–H and O–H groups in total. The molecule has 1 aliphatic heterocycles. The van der Waals surface area contributed by atoms with E-state index in [1.54, 1.807) is 0 Å². The fourth-order valence-corrected chi connectivity index (χ4v) is 3.69. The second-order valence-corrected chi connectivity index (χ2v) is 7.51. The molecule has 22 heavy (non-hydrogen) atoms. The molecule has 1 unspecified atom stereocenters. The Kier molecular flexibility index (Phi) is 6.70. The van der Waals surface area contributed by atoms with Crippen LogP contribution in [0.2, 0.25) is 0 Å². The van der Waals surface area contributed by atoms with E-state index in [0.717, 1.165) is 44.6 Å². The van der Waals surface area contributed by atoms with Gasteiger partial charge in [-0.25, -0.2) is 0 Å². The van der Waals surface area contributed by atoms with E-state index in [1.807, 2.05) is 18.4 Å². The predicted octanol–water partition coefficient (Wildman–Crippen LogP) is 2.70. The normalized spacial score (nSPS) is 18.8. The van der Waals surface area contributed by atoms with Gasteiger partial charge in [-0.1, -0.05) is 26.8 Å². The first kappa shape index (κ1) is 17.3. The lowest BCUT2D eigenvalue weighted by Crippen LogP contribution is -2.53. The highest BCUT2D eigenvalue weighted by Crippen LogP contribution is 2.19. The Morgan fingerprint density at radius 1 is 1.27 bits per heavy atom. The number of nitrogens with zero attached hydrogens (tertiary/aromatic N) is 3. The summed E-state index contributed by atoms with van der Waals surface area (Å²) in [6.45, 7) is 13.4. The summed E-state index contributed by atoms with van der Waals surface area (Å²) in [5.74, 6) is 2.32. The molecule has 124 valence electrons. The summed E-state index contributed by atoms with van der Waals surface area (Å²) < 4.78 is 0. The van der Waals surface area contributed by atoms with Crippen LogP contribution in [0.3, 0.4) is 0 Å². The third kappa shape index (κ3) is 4.99. The molecule has 0 amide bonds. The summed E-state index contributed by atoms with van der Waals surface area (Å²) in [7, 11) is 1.89. The van der Waals surface area contributed by atoms with Crippen molar-refractivity contribution in [2.75, 3.05) is 46.3 Å². The summed E-state index contributed by atoms with van der Waals surface area (Å²) in [5.41, 5.74) is 0. The van der Waals surface area contributed by atoms with Crippen molar-refractivity contribution in [1.29, 1.82) is 0 Å². The van der Waals surface area contributed by atoms with E-state index in [1.165, 1.54) is 11.4 Å². The van der Waals surface area contributed by atoms with Crippen molar-refractivity contribution in [3.05, 3.63) is 22.4 Å². The van der Waals surface area contributed by atoms with E-state index in [-0.39, 0.29) is 0 Å². The van der Waals surface area contributed by atoms with Crippen molar-refractivity contribution in [2.24, 2.45) is 10.9 Å². The third-order valence-electron chi connectivity index (χ3n) is 4.10. The molecule has 0 radical (unpaired) electrons. The number of hydrogen-bond acceptors (Lipinski definition) is 3. The highest BCUT2D eigenvalue weighted by Gasteiger charge is 2.20. The van der Waals surface area contributed by atoms with Gasteiger partial charge in [-0.15, -0.1) is 11.3 Å². The highest BCUT2D eigenvalue weighted by atomic mass is 32.1. The van der Waals surface area contributed by atoms with Gasteiger partial charge in [0.05, 0.1) is 0 Å².